The Bertz CT molecular complexity index is 734. The van der Waals surface area contributed by atoms with Crippen LogP contribution in [0.3, 0.4) is 0 Å². The molecule has 0 aliphatic rings. The predicted molar refractivity (Wildman–Crippen MR) is 191 cm³/mol. The zero-order valence-electron chi connectivity index (χ0n) is 28.9. The Morgan fingerprint density at radius 2 is 1.02 bits per heavy atom. The normalized spacial score (nSPS) is 13.1. The molecule has 0 aromatic carbocycles. The topological polar surface area (TPSA) is 55.8 Å². The molecule has 0 aromatic rings. The minimum atomic E-state index is -0.550. The largest absolute Gasteiger partial charge is 0.457 e. The predicted octanol–water partition coefficient (Wildman–Crippen LogP) is 11.7. The van der Waals surface area contributed by atoms with Crippen LogP contribution in [0.15, 0.2) is 60.8 Å². The highest BCUT2D eigenvalue weighted by molar-refractivity contribution is 5.69. The van der Waals surface area contributed by atoms with Gasteiger partial charge in [0.05, 0.1) is 13.2 Å². The zero-order valence-corrected chi connectivity index (χ0v) is 28.9. The molecule has 0 aliphatic carbocycles. The molecule has 0 aliphatic heterocycles. The first-order chi connectivity index (χ1) is 21.7. The third kappa shape index (κ3) is 34.6. The molecule has 0 saturated carbocycles. The van der Waals surface area contributed by atoms with Gasteiger partial charge in [-0.2, -0.15) is 0 Å². The summed E-state index contributed by atoms with van der Waals surface area (Å²) < 4.78 is 11.1. The van der Waals surface area contributed by atoms with Gasteiger partial charge < -0.3 is 14.6 Å². The van der Waals surface area contributed by atoms with E-state index >= 15 is 0 Å². The lowest BCUT2D eigenvalue weighted by molar-refractivity contribution is -0.154. The molecule has 254 valence electrons. The number of aliphatic hydroxyl groups excluding tert-OH is 1. The van der Waals surface area contributed by atoms with Crippen molar-refractivity contribution < 1.29 is 19.4 Å². The lowest BCUT2D eigenvalue weighted by Gasteiger charge is -2.15. The molecular formula is C40H70O4. The van der Waals surface area contributed by atoms with Crippen LogP contribution in [-0.2, 0) is 14.3 Å². The first kappa shape index (κ1) is 42.1. The summed E-state index contributed by atoms with van der Waals surface area (Å²) in [6.07, 6.45) is 48.3. The van der Waals surface area contributed by atoms with Crippen LogP contribution in [0.1, 0.15) is 162 Å². The average Bonchev–Trinajstić information content (AvgIpc) is 3.03. The Balaban J connectivity index is 3.55. The summed E-state index contributed by atoms with van der Waals surface area (Å²) in [7, 11) is 0. The highest BCUT2D eigenvalue weighted by Crippen LogP contribution is 2.13. The highest BCUT2D eigenvalue weighted by atomic mass is 16.6. The van der Waals surface area contributed by atoms with Crippen molar-refractivity contribution in [3.63, 3.8) is 0 Å². The Kier molecular flexibility index (Phi) is 35.7. The number of ether oxygens (including phenoxy) is 2. The second-order valence-corrected chi connectivity index (χ2v) is 11.9. The van der Waals surface area contributed by atoms with E-state index in [0.717, 1.165) is 64.2 Å². The summed E-state index contributed by atoms with van der Waals surface area (Å²) in [4.78, 5) is 12.1. The molecule has 0 spiro atoms. The van der Waals surface area contributed by atoms with E-state index in [9.17, 15) is 9.90 Å². The highest BCUT2D eigenvalue weighted by Gasteiger charge is 2.13. The number of esters is 1. The maximum absolute atomic E-state index is 12.1. The van der Waals surface area contributed by atoms with Crippen LogP contribution >= 0.6 is 0 Å². The first-order valence-corrected chi connectivity index (χ1v) is 18.4. The number of rotatable bonds is 33. The van der Waals surface area contributed by atoms with Gasteiger partial charge in [0.2, 0.25) is 0 Å². The van der Waals surface area contributed by atoms with Crippen LogP contribution in [0, 0.1) is 0 Å². The van der Waals surface area contributed by atoms with Gasteiger partial charge in [0.15, 0.2) is 0 Å². The summed E-state index contributed by atoms with van der Waals surface area (Å²) >= 11 is 0. The first-order valence-electron chi connectivity index (χ1n) is 18.4. The maximum atomic E-state index is 12.1. The van der Waals surface area contributed by atoms with Gasteiger partial charge in [0.25, 0.3) is 0 Å². The van der Waals surface area contributed by atoms with E-state index in [-0.39, 0.29) is 19.2 Å². The smallest absolute Gasteiger partial charge is 0.306 e. The lowest BCUT2D eigenvalue weighted by atomic mass is 10.0. The Hall–Kier alpha value is -1.91. The number of aliphatic hydroxyl groups is 1. The van der Waals surface area contributed by atoms with Gasteiger partial charge in [-0.15, -0.1) is 0 Å². The van der Waals surface area contributed by atoms with Gasteiger partial charge in [-0.1, -0.05) is 158 Å². The van der Waals surface area contributed by atoms with E-state index in [0.29, 0.717) is 13.0 Å². The minimum Gasteiger partial charge on any atom is -0.457 e. The molecule has 0 bridgehead atoms. The molecule has 1 unspecified atom stereocenters. The molecule has 4 nitrogen and oxygen atoms in total. The van der Waals surface area contributed by atoms with Gasteiger partial charge in [0, 0.05) is 13.0 Å². The van der Waals surface area contributed by atoms with Gasteiger partial charge in [-0.3, -0.25) is 4.79 Å². The Morgan fingerprint density at radius 1 is 0.568 bits per heavy atom. The van der Waals surface area contributed by atoms with Crippen LogP contribution < -0.4 is 0 Å². The van der Waals surface area contributed by atoms with E-state index in [4.69, 9.17) is 9.47 Å². The van der Waals surface area contributed by atoms with E-state index in [2.05, 4.69) is 74.6 Å². The third-order valence-electron chi connectivity index (χ3n) is 7.61. The van der Waals surface area contributed by atoms with E-state index in [1.807, 2.05) is 0 Å². The number of unbranched alkanes of at least 4 members (excludes halogenated alkanes) is 15. The maximum Gasteiger partial charge on any atom is 0.306 e. The van der Waals surface area contributed by atoms with Crippen LogP contribution in [-0.4, -0.2) is 37.0 Å². The van der Waals surface area contributed by atoms with Gasteiger partial charge in [0.1, 0.15) is 6.10 Å². The molecule has 0 saturated heterocycles. The summed E-state index contributed by atoms with van der Waals surface area (Å²) in [6.45, 7) is 5.19. The molecule has 1 N–H and O–H groups in total. The summed E-state index contributed by atoms with van der Waals surface area (Å²) in [5.74, 6) is -0.233. The molecule has 0 radical (unpaired) electrons. The molecule has 44 heavy (non-hydrogen) atoms. The molecule has 0 heterocycles. The van der Waals surface area contributed by atoms with Crippen LogP contribution in [0.25, 0.3) is 0 Å². The van der Waals surface area contributed by atoms with E-state index in [1.165, 1.54) is 77.0 Å². The van der Waals surface area contributed by atoms with Crippen molar-refractivity contribution in [1.82, 2.24) is 0 Å². The van der Waals surface area contributed by atoms with Crippen molar-refractivity contribution >= 4 is 5.97 Å². The fourth-order valence-electron chi connectivity index (χ4n) is 4.88. The lowest BCUT2D eigenvalue weighted by Crippen LogP contribution is -2.27. The van der Waals surface area contributed by atoms with E-state index in [1.54, 1.807) is 0 Å². The molecule has 0 fully saturated rings. The van der Waals surface area contributed by atoms with Crippen molar-refractivity contribution in [1.29, 1.82) is 0 Å². The van der Waals surface area contributed by atoms with Crippen LogP contribution in [0.5, 0.6) is 0 Å². The second-order valence-electron chi connectivity index (χ2n) is 11.9. The fourth-order valence-corrected chi connectivity index (χ4v) is 4.88. The number of carbonyl (C=O) groups is 1. The molecule has 0 amide bonds. The van der Waals surface area contributed by atoms with Crippen molar-refractivity contribution in [3.8, 4) is 0 Å². The van der Waals surface area contributed by atoms with E-state index < -0.39 is 6.10 Å². The van der Waals surface area contributed by atoms with Crippen molar-refractivity contribution in [2.75, 3.05) is 19.8 Å². The number of allylic oxidation sites excluding steroid dienone is 10. The average molecular weight is 615 g/mol. The molecule has 0 rings (SSSR count). The van der Waals surface area contributed by atoms with Crippen LogP contribution in [0.4, 0.5) is 0 Å². The fraction of sp³-hybridized carbons (Fsp3) is 0.725. The van der Waals surface area contributed by atoms with Crippen molar-refractivity contribution in [2.24, 2.45) is 0 Å². The monoisotopic (exact) mass is 615 g/mol. The quantitative estimate of drug-likeness (QED) is 0.0454. The number of carbonyl (C=O) groups excluding carboxylic acids is 1. The van der Waals surface area contributed by atoms with Crippen molar-refractivity contribution in [2.45, 2.75) is 168 Å². The SMILES string of the molecule is CC/C=C\C/C=C\C/C=C\C/C=C\C/C=C\CCCCCC(=O)OC(CO)COCCCCCCCCCCCCCCC. The number of hydrogen-bond acceptors (Lipinski definition) is 4. The standard InChI is InChI=1S/C40H70O4/c1-3-5-7-9-11-13-15-17-18-19-20-21-22-23-25-27-29-31-33-35-40(42)44-39(37-41)38-43-36-34-32-30-28-26-24-16-14-12-10-8-6-4-2/h5,7,11,13,17-18,20-21,23,25,39,41H,3-4,6,8-10,12,14-16,19,22,24,26-38H2,1-2H3/b7-5-,13-11-,18-17-,21-20-,25-23-. The molecule has 4 heteroatoms. The summed E-state index contributed by atoms with van der Waals surface area (Å²) in [5.41, 5.74) is 0. The van der Waals surface area contributed by atoms with Gasteiger partial charge in [-0.05, 0) is 57.8 Å². The molecule has 0 aromatic heterocycles. The molecular weight excluding hydrogens is 544 g/mol. The second kappa shape index (κ2) is 37.3. The Labute approximate surface area is 273 Å². The zero-order chi connectivity index (χ0) is 32.0. The third-order valence-corrected chi connectivity index (χ3v) is 7.61. The van der Waals surface area contributed by atoms with Gasteiger partial charge >= 0.3 is 5.97 Å². The van der Waals surface area contributed by atoms with Crippen LogP contribution in [0.2, 0.25) is 0 Å². The summed E-state index contributed by atoms with van der Waals surface area (Å²) in [6, 6.07) is 0. The minimum absolute atomic E-state index is 0.186. The van der Waals surface area contributed by atoms with Crippen molar-refractivity contribution in [3.05, 3.63) is 60.8 Å². The summed E-state index contributed by atoms with van der Waals surface area (Å²) in [5, 5.41) is 9.55. The Morgan fingerprint density at radius 3 is 1.52 bits per heavy atom. The molecule has 1 atom stereocenters. The number of hydrogen-bond donors (Lipinski definition) is 1. The van der Waals surface area contributed by atoms with Gasteiger partial charge in [-0.25, -0.2) is 0 Å².